The van der Waals surface area contributed by atoms with Crippen molar-refractivity contribution in [2.75, 3.05) is 14.1 Å². The van der Waals surface area contributed by atoms with Gasteiger partial charge in [-0.2, -0.15) is 0 Å². The van der Waals surface area contributed by atoms with Crippen molar-refractivity contribution in [3.63, 3.8) is 0 Å². The number of hydrogen-bond donors (Lipinski definition) is 0. The van der Waals surface area contributed by atoms with Gasteiger partial charge in [-0.05, 0) is 24.1 Å². The molecule has 1 aromatic rings. The number of allylic oxidation sites excluding steroid dienone is 1. The van der Waals surface area contributed by atoms with Gasteiger partial charge < -0.3 is 9.64 Å². The maximum Gasteiger partial charge on any atom is 0.191 e. The van der Waals surface area contributed by atoms with E-state index in [9.17, 15) is 0 Å². The normalized spacial score (nSPS) is 14.2. The first-order chi connectivity index (χ1) is 6.27. The van der Waals surface area contributed by atoms with Crippen LogP contribution in [0, 0.1) is 0 Å². The summed E-state index contributed by atoms with van der Waals surface area (Å²) >= 11 is 0. The van der Waals surface area contributed by atoms with Gasteiger partial charge in [-0.3, -0.25) is 0 Å². The molecule has 1 aliphatic heterocycles. The van der Waals surface area contributed by atoms with E-state index in [2.05, 4.69) is 12.1 Å². The third-order valence-electron chi connectivity index (χ3n) is 2.12. The van der Waals surface area contributed by atoms with Gasteiger partial charge in [0, 0.05) is 14.1 Å². The smallest absolute Gasteiger partial charge is 0.191 e. The van der Waals surface area contributed by atoms with Crippen molar-refractivity contribution in [1.82, 2.24) is 4.90 Å². The number of rotatable bonds is 1. The molecule has 68 valence electrons. The molecule has 13 heavy (non-hydrogen) atoms. The molecule has 0 bridgehead atoms. The fourth-order valence-electron chi connectivity index (χ4n) is 1.40. The van der Waals surface area contributed by atoms with Gasteiger partial charge in [0.1, 0.15) is 5.75 Å². The maximum absolute atomic E-state index is 5.68. The zero-order valence-electron chi connectivity index (χ0n) is 7.95. The summed E-state index contributed by atoms with van der Waals surface area (Å²) in [4.78, 5) is 1.98. The number of fused-ring (bicyclic) bond motifs is 1. The standard InChI is InChI=1S/C11H13NO/c1-12(2)11-8-7-9-5-3-4-6-10(9)13-11/h3-6,8H,7H2,1-2H3. The zero-order chi connectivity index (χ0) is 9.26. The molecular formula is C11H13NO. The summed E-state index contributed by atoms with van der Waals surface area (Å²) in [5.74, 6) is 1.91. The Morgan fingerprint density at radius 3 is 2.77 bits per heavy atom. The van der Waals surface area contributed by atoms with Crippen LogP contribution in [0.2, 0.25) is 0 Å². The average Bonchev–Trinajstić information content (AvgIpc) is 2.17. The molecule has 0 spiro atoms. The van der Waals surface area contributed by atoms with Gasteiger partial charge in [0.25, 0.3) is 0 Å². The fourth-order valence-corrected chi connectivity index (χ4v) is 1.40. The van der Waals surface area contributed by atoms with Gasteiger partial charge in [0.05, 0.1) is 0 Å². The van der Waals surface area contributed by atoms with E-state index in [1.54, 1.807) is 0 Å². The monoisotopic (exact) mass is 175 g/mol. The molecular weight excluding hydrogens is 162 g/mol. The Balaban J connectivity index is 2.28. The molecule has 0 N–H and O–H groups in total. The SMILES string of the molecule is CN(C)C1=CCc2ccccc2O1. The topological polar surface area (TPSA) is 12.5 Å². The summed E-state index contributed by atoms with van der Waals surface area (Å²) in [6, 6.07) is 8.14. The van der Waals surface area contributed by atoms with Crippen LogP contribution in [-0.4, -0.2) is 19.0 Å². The molecule has 0 fully saturated rings. The van der Waals surface area contributed by atoms with Gasteiger partial charge in [-0.25, -0.2) is 0 Å². The predicted molar refractivity (Wildman–Crippen MR) is 52.5 cm³/mol. The number of ether oxygens (including phenoxy) is 1. The highest BCUT2D eigenvalue weighted by Crippen LogP contribution is 2.25. The van der Waals surface area contributed by atoms with E-state index in [1.807, 2.05) is 37.2 Å². The summed E-state index contributed by atoms with van der Waals surface area (Å²) < 4.78 is 5.68. The van der Waals surface area contributed by atoms with E-state index >= 15 is 0 Å². The van der Waals surface area contributed by atoms with Gasteiger partial charge >= 0.3 is 0 Å². The van der Waals surface area contributed by atoms with Crippen molar-refractivity contribution in [3.8, 4) is 5.75 Å². The summed E-state index contributed by atoms with van der Waals surface area (Å²) in [6.07, 6.45) is 3.06. The fraction of sp³-hybridized carbons (Fsp3) is 0.273. The minimum Gasteiger partial charge on any atom is -0.441 e. The molecule has 1 aliphatic rings. The van der Waals surface area contributed by atoms with Crippen LogP contribution in [0.3, 0.4) is 0 Å². The van der Waals surface area contributed by atoms with E-state index in [0.717, 1.165) is 18.1 Å². The second-order valence-electron chi connectivity index (χ2n) is 3.35. The Morgan fingerprint density at radius 1 is 1.23 bits per heavy atom. The number of nitrogens with zero attached hydrogens (tertiary/aromatic N) is 1. The van der Waals surface area contributed by atoms with Gasteiger partial charge in [0.2, 0.25) is 0 Å². The molecule has 1 aromatic carbocycles. The van der Waals surface area contributed by atoms with Gasteiger partial charge in [0.15, 0.2) is 5.88 Å². The summed E-state index contributed by atoms with van der Waals surface area (Å²) in [5, 5.41) is 0. The van der Waals surface area contributed by atoms with Crippen molar-refractivity contribution in [2.45, 2.75) is 6.42 Å². The summed E-state index contributed by atoms with van der Waals surface area (Å²) in [7, 11) is 3.97. The van der Waals surface area contributed by atoms with Crippen LogP contribution in [0.1, 0.15) is 5.56 Å². The van der Waals surface area contributed by atoms with Crippen LogP contribution >= 0.6 is 0 Å². The van der Waals surface area contributed by atoms with Crippen LogP contribution in [0.25, 0.3) is 0 Å². The van der Waals surface area contributed by atoms with Crippen molar-refractivity contribution in [3.05, 3.63) is 41.8 Å². The second-order valence-corrected chi connectivity index (χ2v) is 3.35. The average molecular weight is 175 g/mol. The largest absolute Gasteiger partial charge is 0.441 e. The number of benzene rings is 1. The minimum atomic E-state index is 0.929. The summed E-state index contributed by atoms with van der Waals surface area (Å²) in [6.45, 7) is 0. The molecule has 0 aromatic heterocycles. The van der Waals surface area contributed by atoms with Crippen LogP contribution in [0.4, 0.5) is 0 Å². The highest BCUT2D eigenvalue weighted by Gasteiger charge is 2.12. The third kappa shape index (κ3) is 1.52. The first-order valence-corrected chi connectivity index (χ1v) is 4.40. The molecule has 0 atom stereocenters. The minimum absolute atomic E-state index is 0.929. The Kier molecular flexibility index (Phi) is 1.97. The maximum atomic E-state index is 5.68. The lowest BCUT2D eigenvalue weighted by Crippen LogP contribution is -2.19. The molecule has 1 heterocycles. The predicted octanol–water partition coefficient (Wildman–Crippen LogP) is 2.02. The van der Waals surface area contributed by atoms with E-state index in [-0.39, 0.29) is 0 Å². The highest BCUT2D eigenvalue weighted by molar-refractivity contribution is 5.38. The van der Waals surface area contributed by atoms with Crippen molar-refractivity contribution < 1.29 is 4.74 Å². The Morgan fingerprint density at radius 2 is 2.00 bits per heavy atom. The van der Waals surface area contributed by atoms with E-state index in [1.165, 1.54) is 5.56 Å². The molecule has 2 heteroatoms. The Hall–Kier alpha value is -1.44. The lowest BCUT2D eigenvalue weighted by atomic mass is 10.1. The van der Waals surface area contributed by atoms with Gasteiger partial charge in [-0.15, -0.1) is 0 Å². The lowest BCUT2D eigenvalue weighted by Gasteiger charge is -2.22. The highest BCUT2D eigenvalue weighted by atomic mass is 16.5. The molecule has 2 nitrogen and oxygen atoms in total. The molecule has 0 radical (unpaired) electrons. The lowest BCUT2D eigenvalue weighted by molar-refractivity contribution is 0.271. The van der Waals surface area contributed by atoms with Crippen LogP contribution in [-0.2, 0) is 6.42 Å². The van der Waals surface area contributed by atoms with Crippen molar-refractivity contribution >= 4 is 0 Å². The van der Waals surface area contributed by atoms with Crippen LogP contribution < -0.4 is 4.74 Å². The molecule has 0 amide bonds. The Labute approximate surface area is 78.4 Å². The number of hydrogen-bond acceptors (Lipinski definition) is 2. The molecule has 0 aliphatic carbocycles. The number of para-hydroxylation sites is 1. The first kappa shape index (κ1) is 8.17. The van der Waals surface area contributed by atoms with Gasteiger partial charge in [-0.1, -0.05) is 18.2 Å². The van der Waals surface area contributed by atoms with Crippen LogP contribution in [0.15, 0.2) is 36.2 Å². The quantitative estimate of drug-likeness (QED) is 0.647. The second kappa shape index (κ2) is 3.13. The van der Waals surface area contributed by atoms with Crippen molar-refractivity contribution in [2.24, 2.45) is 0 Å². The zero-order valence-corrected chi connectivity index (χ0v) is 7.95. The molecule has 0 unspecified atom stereocenters. The van der Waals surface area contributed by atoms with E-state index in [4.69, 9.17) is 4.74 Å². The molecule has 2 rings (SSSR count). The molecule has 0 saturated heterocycles. The Bertz CT molecular complexity index is 342. The van der Waals surface area contributed by atoms with Crippen LogP contribution in [0.5, 0.6) is 5.75 Å². The van der Waals surface area contributed by atoms with Crippen molar-refractivity contribution in [1.29, 1.82) is 0 Å². The first-order valence-electron chi connectivity index (χ1n) is 4.40. The molecule has 0 saturated carbocycles. The van der Waals surface area contributed by atoms with E-state index < -0.39 is 0 Å². The summed E-state index contributed by atoms with van der Waals surface area (Å²) in [5.41, 5.74) is 1.26. The van der Waals surface area contributed by atoms with E-state index in [0.29, 0.717) is 0 Å². The third-order valence-corrected chi connectivity index (χ3v) is 2.12.